The number of likely N-dealkylation sites (tertiary alicyclic amines) is 1. The van der Waals surface area contributed by atoms with Crippen LogP contribution in [0.15, 0.2) is 59.6 Å². The first-order valence-corrected chi connectivity index (χ1v) is 12.9. The maximum atomic E-state index is 13.2. The Morgan fingerprint density at radius 3 is 2.41 bits per heavy atom. The number of nitrogens with zero attached hydrogens (tertiary/aromatic N) is 2. The number of nitrogens with one attached hydrogen (secondary N) is 1. The van der Waals surface area contributed by atoms with Crippen LogP contribution in [-0.2, 0) is 26.0 Å². The molecule has 0 bridgehead atoms. The van der Waals surface area contributed by atoms with Crippen molar-refractivity contribution >= 4 is 38.2 Å². The second-order valence-corrected chi connectivity index (χ2v) is 10.7. The summed E-state index contributed by atoms with van der Waals surface area (Å²) in [5, 5.41) is 3.11. The third-order valence-electron chi connectivity index (χ3n) is 6.22. The van der Waals surface area contributed by atoms with Gasteiger partial charge in [0.25, 0.3) is 0 Å². The lowest BCUT2D eigenvalue weighted by Gasteiger charge is -2.30. The number of methoxy groups -OCH3 is 1. The molecular weight excluding hydrogens is 454 g/mol. The molecule has 0 aliphatic carbocycles. The van der Waals surface area contributed by atoms with Crippen molar-refractivity contribution in [1.29, 1.82) is 0 Å². The molecule has 3 aromatic rings. The van der Waals surface area contributed by atoms with Gasteiger partial charge in [-0.3, -0.25) is 9.59 Å². The maximum absolute atomic E-state index is 13.2. The number of piperidine rings is 1. The van der Waals surface area contributed by atoms with E-state index >= 15 is 0 Å². The highest BCUT2D eigenvalue weighted by atomic mass is 32.2. The minimum absolute atomic E-state index is 0.0335. The van der Waals surface area contributed by atoms with E-state index in [2.05, 4.69) is 12.2 Å². The fourth-order valence-corrected chi connectivity index (χ4v) is 5.59. The maximum Gasteiger partial charge on any atom is 0.242 e. The van der Waals surface area contributed by atoms with Crippen LogP contribution in [0.2, 0.25) is 0 Å². The molecule has 1 fully saturated rings. The van der Waals surface area contributed by atoms with Gasteiger partial charge in [0.1, 0.15) is 18.0 Å². The highest BCUT2D eigenvalue weighted by Crippen LogP contribution is 2.27. The molecule has 180 valence electrons. The molecule has 4 rings (SSSR count). The van der Waals surface area contributed by atoms with E-state index < -0.39 is 21.5 Å². The van der Waals surface area contributed by atoms with Gasteiger partial charge in [0, 0.05) is 35.9 Å². The number of hydrogen-bond donors (Lipinski definition) is 1. The highest BCUT2D eigenvalue weighted by Gasteiger charge is 2.26. The normalized spacial score (nSPS) is 14.8. The van der Waals surface area contributed by atoms with Crippen LogP contribution in [0.3, 0.4) is 0 Å². The Kier molecular flexibility index (Phi) is 6.92. The zero-order valence-corrected chi connectivity index (χ0v) is 20.2. The molecule has 0 saturated carbocycles. The summed E-state index contributed by atoms with van der Waals surface area (Å²) in [4.78, 5) is 27.3. The van der Waals surface area contributed by atoms with Crippen LogP contribution < -0.4 is 10.1 Å². The molecule has 0 atom stereocenters. The molecule has 2 heterocycles. The van der Waals surface area contributed by atoms with E-state index in [9.17, 15) is 18.0 Å². The third-order valence-corrected chi connectivity index (χ3v) is 7.86. The molecule has 1 N–H and O–H groups in total. The van der Waals surface area contributed by atoms with Crippen molar-refractivity contribution in [3.63, 3.8) is 0 Å². The summed E-state index contributed by atoms with van der Waals surface area (Å²) in [7, 11) is -2.41. The second-order valence-electron chi connectivity index (χ2n) is 8.74. The van der Waals surface area contributed by atoms with Gasteiger partial charge in [-0.1, -0.05) is 25.1 Å². The van der Waals surface area contributed by atoms with E-state index in [1.54, 1.807) is 53.1 Å². The second kappa shape index (κ2) is 9.89. The average Bonchev–Trinajstić information content (AvgIpc) is 3.19. The van der Waals surface area contributed by atoms with Crippen molar-refractivity contribution < 1.29 is 22.7 Å². The summed E-state index contributed by atoms with van der Waals surface area (Å²) in [5.74, 6) is -0.135. The van der Waals surface area contributed by atoms with Crippen LogP contribution in [0.1, 0.15) is 19.8 Å². The summed E-state index contributed by atoms with van der Waals surface area (Å²) in [6.45, 7) is 3.68. The number of ether oxygens (including phenoxy) is 1. The van der Waals surface area contributed by atoms with Crippen molar-refractivity contribution in [2.75, 3.05) is 31.3 Å². The van der Waals surface area contributed by atoms with Crippen molar-refractivity contribution in [2.45, 2.75) is 31.2 Å². The number of carbonyl (C=O) groups excluding carboxylic acids is 2. The number of anilines is 1. The minimum atomic E-state index is -3.95. The van der Waals surface area contributed by atoms with E-state index in [1.165, 1.54) is 13.3 Å². The third kappa shape index (κ3) is 5.25. The van der Waals surface area contributed by atoms with Crippen molar-refractivity contribution in [1.82, 2.24) is 9.47 Å². The molecule has 8 nitrogen and oxygen atoms in total. The molecule has 2 amide bonds. The molecule has 1 aliphatic rings. The lowest BCUT2D eigenvalue weighted by atomic mass is 9.99. The molecule has 9 heteroatoms. The lowest BCUT2D eigenvalue weighted by Crippen LogP contribution is -2.39. The Labute approximate surface area is 199 Å². The summed E-state index contributed by atoms with van der Waals surface area (Å²) in [6.07, 6.45) is 3.42. The van der Waals surface area contributed by atoms with Crippen LogP contribution in [0, 0.1) is 5.92 Å². The topological polar surface area (TPSA) is 97.7 Å². The first-order chi connectivity index (χ1) is 16.3. The molecule has 0 spiro atoms. The largest absolute Gasteiger partial charge is 0.497 e. The lowest BCUT2D eigenvalue weighted by molar-refractivity contribution is -0.133. The number of carbonyl (C=O) groups is 2. The van der Waals surface area contributed by atoms with Gasteiger partial charge in [0.2, 0.25) is 11.8 Å². The Balaban J connectivity index is 1.53. The number of benzene rings is 2. The zero-order chi connectivity index (χ0) is 24.3. The van der Waals surface area contributed by atoms with Gasteiger partial charge < -0.3 is 19.5 Å². The first-order valence-electron chi connectivity index (χ1n) is 11.3. The van der Waals surface area contributed by atoms with Crippen LogP contribution >= 0.6 is 0 Å². The van der Waals surface area contributed by atoms with Crippen LogP contribution in [-0.4, -0.2) is 55.7 Å². The Hall–Kier alpha value is -3.33. The first kappa shape index (κ1) is 23.8. The van der Waals surface area contributed by atoms with E-state index in [0.29, 0.717) is 28.3 Å². The van der Waals surface area contributed by atoms with Gasteiger partial charge >= 0.3 is 0 Å². The van der Waals surface area contributed by atoms with E-state index in [1.807, 2.05) is 4.90 Å². The predicted octanol–water partition coefficient (Wildman–Crippen LogP) is 3.32. The van der Waals surface area contributed by atoms with Crippen LogP contribution in [0.4, 0.5) is 5.69 Å². The molecular formula is C25H29N3O5S. The number of hydrogen-bond acceptors (Lipinski definition) is 5. The van der Waals surface area contributed by atoms with E-state index in [0.717, 1.165) is 25.9 Å². The highest BCUT2D eigenvalue weighted by molar-refractivity contribution is 7.92. The molecule has 1 aromatic heterocycles. The van der Waals surface area contributed by atoms with Gasteiger partial charge in [-0.2, -0.15) is 0 Å². The number of rotatable bonds is 7. The number of aromatic nitrogens is 1. The summed E-state index contributed by atoms with van der Waals surface area (Å²) < 4.78 is 33.1. The number of fused-ring (bicyclic) bond motifs is 1. The Morgan fingerprint density at radius 2 is 1.74 bits per heavy atom. The number of para-hydroxylation sites is 1. The number of sulfone groups is 1. The van der Waals surface area contributed by atoms with E-state index in [-0.39, 0.29) is 17.3 Å². The summed E-state index contributed by atoms with van der Waals surface area (Å²) in [5.41, 5.74) is 1.13. The standard InChI is InChI=1S/C25H29N3O5S/c1-18-11-13-27(14-12-18)25(30)16-28-15-23(21-5-3-4-6-22(21)28)34(31,32)17-24(29)26-19-7-9-20(33-2)10-8-19/h3-10,15,18H,11-14,16-17H2,1-2H3,(H,26,29). The smallest absolute Gasteiger partial charge is 0.242 e. The van der Waals surface area contributed by atoms with Crippen LogP contribution in [0.5, 0.6) is 5.75 Å². The molecule has 0 unspecified atom stereocenters. The molecule has 2 aromatic carbocycles. The minimum Gasteiger partial charge on any atom is -0.497 e. The van der Waals surface area contributed by atoms with Crippen molar-refractivity contribution in [2.24, 2.45) is 5.92 Å². The summed E-state index contributed by atoms with van der Waals surface area (Å²) >= 11 is 0. The Morgan fingerprint density at radius 1 is 1.06 bits per heavy atom. The fourth-order valence-electron chi connectivity index (χ4n) is 4.22. The molecule has 0 radical (unpaired) electrons. The van der Waals surface area contributed by atoms with Crippen molar-refractivity contribution in [3.8, 4) is 5.75 Å². The van der Waals surface area contributed by atoms with Crippen LogP contribution in [0.25, 0.3) is 10.9 Å². The molecule has 1 aliphatic heterocycles. The van der Waals surface area contributed by atoms with Gasteiger partial charge in [-0.05, 0) is 49.1 Å². The SMILES string of the molecule is COc1ccc(NC(=O)CS(=O)(=O)c2cn(CC(=O)N3CCC(C)CC3)c3ccccc23)cc1. The number of amides is 2. The zero-order valence-electron chi connectivity index (χ0n) is 19.4. The fraction of sp³-hybridized carbons (Fsp3) is 0.360. The Bertz CT molecular complexity index is 1290. The van der Waals surface area contributed by atoms with Crippen molar-refractivity contribution in [3.05, 3.63) is 54.7 Å². The van der Waals surface area contributed by atoms with Gasteiger partial charge in [0.05, 0.1) is 12.0 Å². The quantitative estimate of drug-likeness (QED) is 0.556. The molecule has 1 saturated heterocycles. The van der Waals surface area contributed by atoms with E-state index in [4.69, 9.17) is 4.74 Å². The van der Waals surface area contributed by atoms with Gasteiger partial charge in [0.15, 0.2) is 9.84 Å². The average molecular weight is 484 g/mol. The van der Waals surface area contributed by atoms with Gasteiger partial charge in [-0.25, -0.2) is 8.42 Å². The predicted molar refractivity (Wildman–Crippen MR) is 131 cm³/mol. The van der Waals surface area contributed by atoms with Gasteiger partial charge in [-0.15, -0.1) is 0 Å². The summed E-state index contributed by atoms with van der Waals surface area (Å²) in [6, 6.07) is 13.7. The monoisotopic (exact) mass is 483 g/mol. The molecule has 34 heavy (non-hydrogen) atoms.